The van der Waals surface area contributed by atoms with Gasteiger partial charge in [-0.15, -0.1) is 12.4 Å². The molecule has 2 aliphatic rings. The van der Waals surface area contributed by atoms with Crippen LogP contribution in [0.5, 0.6) is 0 Å². The number of hydrogen-bond acceptors (Lipinski definition) is 12. The van der Waals surface area contributed by atoms with Crippen LogP contribution in [0, 0.1) is 0 Å². The van der Waals surface area contributed by atoms with E-state index in [0.29, 0.717) is 102 Å². The van der Waals surface area contributed by atoms with Crippen molar-refractivity contribution in [1.82, 2.24) is 9.80 Å². The van der Waals surface area contributed by atoms with Gasteiger partial charge >= 0.3 is 23.9 Å². The molecule has 304 valence electrons. The van der Waals surface area contributed by atoms with E-state index in [1.807, 2.05) is 60.7 Å². The average Bonchev–Trinajstić information content (AvgIpc) is 3.22. The highest BCUT2D eigenvalue weighted by atomic mass is 35.5. The third-order valence-corrected chi connectivity index (χ3v) is 10.2. The van der Waals surface area contributed by atoms with Gasteiger partial charge in [-0.05, 0) is 49.9 Å². The van der Waals surface area contributed by atoms with E-state index in [0.717, 1.165) is 0 Å². The van der Waals surface area contributed by atoms with Crippen molar-refractivity contribution in [2.75, 3.05) is 77.5 Å². The number of piperidine rings is 2. The van der Waals surface area contributed by atoms with Gasteiger partial charge in [-0.3, -0.25) is 29.0 Å². The van der Waals surface area contributed by atoms with Crippen LogP contribution in [0.4, 0.5) is 11.4 Å². The Kier molecular flexibility index (Phi) is 19.3. The van der Waals surface area contributed by atoms with Gasteiger partial charge in [0.15, 0.2) is 0 Å². The van der Waals surface area contributed by atoms with Crippen LogP contribution in [0.2, 0.25) is 0 Å². The summed E-state index contributed by atoms with van der Waals surface area (Å²) >= 11 is 0. The molecule has 0 saturated carbocycles. The van der Waals surface area contributed by atoms with Gasteiger partial charge in [-0.1, -0.05) is 50.2 Å². The normalized spacial score (nSPS) is 16.1. The zero-order valence-corrected chi connectivity index (χ0v) is 33.8. The van der Waals surface area contributed by atoms with Gasteiger partial charge in [0, 0.05) is 63.5 Å². The lowest BCUT2D eigenvalue weighted by Gasteiger charge is -2.46. The van der Waals surface area contributed by atoms with Crippen LogP contribution in [0.15, 0.2) is 60.7 Å². The maximum atomic E-state index is 12.8. The molecule has 0 aliphatic carbocycles. The minimum Gasteiger partial charge on any atom is -0.469 e. The van der Waals surface area contributed by atoms with E-state index in [9.17, 15) is 28.8 Å². The Balaban J connectivity index is 0.000000373. The molecule has 2 aromatic rings. The summed E-state index contributed by atoms with van der Waals surface area (Å²) in [6.45, 7) is 7.06. The third-order valence-electron chi connectivity index (χ3n) is 10.2. The fourth-order valence-electron chi connectivity index (χ4n) is 7.14. The Morgan fingerprint density at radius 1 is 0.545 bits per heavy atom. The topological polar surface area (TPSA) is 152 Å². The predicted molar refractivity (Wildman–Crippen MR) is 210 cm³/mol. The molecule has 2 aromatic carbocycles. The summed E-state index contributed by atoms with van der Waals surface area (Å²) in [5, 5.41) is 0. The van der Waals surface area contributed by atoms with E-state index < -0.39 is 23.0 Å². The van der Waals surface area contributed by atoms with E-state index in [4.69, 9.17) is 9.47 Å². The van der Waals surface area contributed by atoms with Crippen LogP contribution in [0.3, 0.4) is 0 Å². The number of benzene rings is 2. The molecule has 2 fully saturated rings. The molecule has 2 amide bonds. The molecule has 14 nitrogen and oxygen atoms in total. The number of ether oxygens (including phenoxy) is 4. The lowest BCUT2D eigenvalue weighted by molar-refractivity contribution is -0.151. The van der Waals surface area contributed by atoms with Crippen LogP contribution >= 0.6 is 12.4 Å². The molecule has 2 heterocycles. The lowest BCUT2D eigenvalue weighted by atomic mass is 9.84. The highest BCUT2D eigenvalue weighted by Gasteiger charge is 2.51. The maximum Gasteiger partial charge on any atom is 0.332 e. The van der Waals surface area contributed by atoms with Crippen molar-refractivity contribution < 1.29 is 47.7 Å². The average molecular weight is 789 g/mol. The van der Waals surface area contributed by atoms with Gasteiger partial charge in [0.05, 0.1) is 41.3 Å². The molecular formula is C40H57ClN4O10. The number of nitrogens with zero attached hydrogens (tertiary/aromatic N) is 4. The summed E-state index contributed by atoms with van der Waals surface area (Å²) in [7, 11) is 5.45. The van der Waals surface area contributed by atoms with Crippen LogP contribution in [-0.4, -0.2) is 124 Å². The summed E-state index contributed by atoms with van der Waals surface area (Å²) in [5.74, 6) is -1.55. The quantitative estimate of drug-likeness (QED) is 0.197. The molecule has 0 aromatic heterocycles. The number of halogens is 1. The number of hydrogen-bond donors (Lipinski definition) is 0. The number of esters is 4. The molecule has 0 radical (unpaired) electrons. The van der Waals surface area contributed by atoms with Gasteiger partial charge in [0.25, 0.3) is 0 Å². The van der Waals surface area contributed by atoms with E-state index in [1.165, 1.54) is 28.4 Å². The molecule has 2 saturated heterocycles. The fraction of sp³-hybridized carbons (Fsp3) is 0.550. The first-order valence-electron chi connectivity index (χ1n) is 18.5. The van der Waals surface area contributed by atoms with Crippen molar-refractivity contribution in [3.63, 3.8) is 0 Å². The second kappa shape index (κ2) is 22.8. The SMILES string of the molecule is CCC(=O)N(c1ccccc1)C1(C(=O)OC)CCN(CCC(=O)OC)CC1.CCC(=O)N(c1ccccc1)C1(C(=O)OC)CCN(CCC(=O)OC)CC1.Cl. The molecular weight excluding hydrogens is 732 g/mol. The van der Waals surface area contributed by atoms with Gasteiger partial charge in [0.1, 0.15) is 11.1 Å². The first-order valence-corrected chi connectivity index (χ1v) is 18.5. The molecule has 0 atom stereocenters. The summed E-state index contributed by atoms with van der Waals surface area (Å²) in [6.07, 6.45) is 2.97. The molecule has 15 heteroatoms. The molecule has 55 heavy (non-hydrogen) atoms. The van der Waals surface area contributed by atoms with Gasteiger partial charge in [-0.2, -0.15) is 0 Å². The van der Waals surface area contributed by atoms with E-state index in [1.54, 1.807) is 23.6 Å². The Labute approximate surface area is 330 Å². The Morgan fingerprint density at radius 3 is 1.11 bits per heavy atom. The first-order chi connectivity index (χ1) is 26.0. The molecule has 4 rings (SSSR count). The minimum absolute atomic E-state index is 0. The van der Waals surface area contributed by atoms with Gasteiger partial charge < -0.3 is 28.7 Å². The number of para-hydroxylation sites is 2. The minimum atomic E-state index is -1.04. The monoisotopic (exact) mass is 788 g/mol. The van der Waals surface area contributed by atoms with Crippen LogP contribution in [0.25, 0.3) is 0 Å². The van der Waals surface area contributed by atoms with Crippen LogP contribution in [0.1, 0.15) is 65.2 Å². The second-order valence-corrected chi connectivity index (χ2v) is 13.2. The molecule has 2 aliphatic heterocycles. The van der Waals surface area contributed by atoms with Crippen LogP contribution < -0.4 is 9.80 Å². The predicted octanol–water partition coefficient (Wildman–Crippen LogP) is 4.42. The Morgan fingerprint density at radius 2 is 0.855 bits per heavy atom. The molecule has 0 N–H and O–H groups in total. The van der Waals surface area contributed by atoms with Gasteiger partial charge in [0.2, 0.25) is 11.8 Å². The van der Waals surface area contributed by atoms with Crippen molar-refractivity contribution in [2.24, 2.45) is 0 Å². The van der Waals surface area contributed by atoms with Crippen molar-refractivity contribution in [2.45, 2.75) is 76.3 Å². The largest absolute Gasteiger partial charge is 0.469 e. The summed E-state index contributed by atoms with van der Waals surface area (Å²) in [6, 6.07) is 18.5. The molecule has 0 spiro atoms. The standard InChI is InChI=1S/2C20H28N2O5.ClH/c2*1-4-17(23)22(16-8-6-5-7-9-16)20(19(25)27-3)11-14-21(15-12-20)13-10-18(24)26-2;/h2*5-9H,4,10-15H2,1-3H3;1H. The van der Waals surface area contributed by atoms with Crippen LogP contribution in [-0.2, 0) is 47.7 Å². The molecule has 0 unspecified atom stereocenters. The fourth-order valence-corrected chi connectivity index (χ4v) is 7.14. The number of anilines is 2. The number of methoxy groups -OCH3 is 4. The number of rotatable bonds is 14. The van der Waals surface area contributed by atoms with Crippen molar-refractivity contribution >= 4 is 59.5 Å². The van der Waals surface area contributed by atoms with E-state index >= 15 is 0 Å². The maximum absolute atomic E-state index is 12.8. The number of carbonyl (C=O) groups is 6. The van der Waals surface area contributed by atoms with E-state index in [2.05, 4.69) is 19.3 Å². The molecule has 0 bridgehead atoms. The number of amides is 2. The highest BCUT2D eigenvalue weighted by Crippen LogP contribution is 2.37. The summed E-state index contributed by atoms with van der Waals surface area (Å²) < 4.78 is 19.6. The lowest BCUT2D eigenvalue weighted by Crippen LogP contribution is -2.62. The second-order valence-electron chi connectivity index (χ2n) is 13.2. The summed E-state index contributed by atoms with van der Waals surface area (Å²) in [4.78, 5) is 81.5. The smallest absolute Gasteiger partial charge is 0.332 e. The number of carbonyl (C=O) groups excluding carboxylic acids is 6. The zero-order valence-electron chi connectivity index (χ0n) is 33.0. The highest BCUT2D eigenvalue weighted by molar-refractivity contribution is 6.03. The third kappa shape index (κ3) is 11.7. The van der Waals surface area contributed by atoms with Crippen molar-refractivity contribution in [1.29, 1.82) is 0 Å². The first kappa shape index (κ1) is 46.6. The Bertz CT molecular complexity index is 1430. The zero-order chi connectivity index (χ0) is 39.7. The van der Waals surface area contributed by atoms with E-state index in [-0.39, 0.29) is 36.2 Å². The summed E-state index contributed by atoms with van der Waals surface area (Å²) in [5.41, 5.74) is -0.689. The number of likely N-dealkylation sites (tertiary alicyclic amines) is 2. The Hall–Kier alpha value is -4.53. The van der Waals surface area contributed by atoms with Gasteiger partial charge in [-0.25, -0.2) is 9.59 Å². The van der Waals surface area contributed by atoms with Crippen molar-refractivity contribution in [3.05, 3.63) is 60.7 Å². The van der Waals surface area contributed by atoms with Crippen molar-refractivity contribution in [3.8, 4) is 0 Å².